The van der Waals surface area contributed by atoms with Crippen LogP contribution < -0.4 is 0 Å². The average molecular weight is 202 g/mol. The topological polar surface area (TPSA) is 38.0 Å². The van der Waals surface area contributed by atoms with Crippen LogP contribution in [0.2, 0.25) is 0 Å². The lowest BCUT2D eigenvalue weighted by atomic mass is 10.1. The van der Waals surface area contributed by atoms with Crippen LogP contribution in [0.5, 0.6) is 0 Å². The minimum absolute atomic E-state index is 0.695. The third kappa shape index (κ3) is 1.92. The van der Waals surface area contributed by atoms with Gasteiger partial charge in [0.2, 0.25) is 0 Å². The van der Waals surface area contributed by atoms with Crippen LogP contribution in [0.1, 0.15) is 22.9 Å². The molecule has 1 atom stereocenters. The monoisotopic (exact) mass is 202 g/mol. The first-order valence-corrected chi connectivity index (χ1v) is 4.93. The van der Waals surface area contributed by atoms with Gasteiger partial charge < -0.3 is 5.11 Å². The number of hydrogen-bond acceptors (Lipinski definition) is 2. The smallest absolute Gasteiger partial charge is 0.173 e. The largest absolute Gasteiger partial charge is 0.368 e. The van der Waals surface area contributed by atoms with Gasteiger partial charge in [0.05, 0.1) is 6.20 Å². The van der Waals surface area contributed by atoms with Crippen LogP contribution in [0.3, 0.4) is 0 Å². The Hall–Kier alpha value is -1.61. The van der Waals surface area contributed by atoms with Crippen molar-refractivity contribution < 1.29 is 5.11 Å². The Kier molecular flexibility index (Phi) is 2.56. The zero-order valence-corrected chi connectivity index (χ0v) is 8.88. The minimum Gasteiger partial charge on any atom is -0.368 e. The van der Waals surface area contributed by atoms with E-state index in [0.29, 0.717) is 0 Å². The first-order valence-electron chi connectivity index (χ1n) is 4.93. The summed E-state index contributed by atoms with van der Waals surface area (Å²) in [6, 6.07) is 7.77. The molecular formula is C12H14N2O. The molecule has 3 heteroatoms. The molecule has 3 nitrogen and oxygen atoms in total. The zero-order valence-electron chi connectivity index (χ0n) is 8.88. The fourth-order valence-corrected chi connectivity index (χ4v) is 1.59. The number of aryl methyl sites for hydroxylation is 2. The van der Waals surface area contributed by atoms with Gasteiger partial charge in [0.25, 0.3) is 0 Å². The van der Waals surface area contributed by atoms with E-state index in [4.69, 9.17) is 0 Å². The van der Waals surface area contributed by atoms with Gasteiger partial charge in [-0.2, -0.15) is 5.10 Å². The van der Waals surface area contributed by atoms with E-state index in [9.17, 15) is 5.11 Å². The van der Waals surface area contributed by atoms with E-state index in [2.05, 4.69) is 5.10 Å². The van der Waals surface area contributed by atoms with Crippen LogP contribution >= 0.6 is 0 Å². The van der Waals surface area contributed by atoms with Gasteiger partial charge >= 0.3 is 0 Å². The lowest BCUT2D eigenvalue weighted by Crippen LogP contribution is -2.11. The minimum atomic E-state index is -0.695. The average Bonchev–Trinajstić information content (AvgIpc) is 2.65. The van der Waals surface area contributed by atoms with Gasteiger partial charge in [0, 0.05) is 11.8 Å². The molecule has 2 rings (SSSR count). The molecule has 0 spiro atoms. The van der Waals surface area contributed by atoms with E-state index in [1.165, 1.54) is 0 Å². The summed E-state index contributed by atoms with van der Waals surface area (Å²) in [4.78, 5) is 0. The summed E-state index contributed by atoms with van der Waals surface area (Å²) in [6.07, 6.45) is 2.87. The maximum Gasteiger partial charge on any atom is 0.173 e. The third-order valence-corrected chi connectivity index (χ3v) is 2.45. The summed E-state index contributed by atoms with van der Waals surface area (Å²) >= 11 is 0. The predicted octanol–water partition coefficient (Wildman–Crippen LogP) is 2.04. The first kappa shape index (κ1) is 9.93. The summed E-state index contributed by atoms with van der Waals surface area (Å²) in [5.41, 5.74) is 3.00. The number of aliphatic hydroxyl groups is 1. The summed E-state index contributed by atoms with van der Waals surface area (Å²) in [5, 5.41) is 14.2. The van der Waals surface area contributed by atoms with Crippen molar-refractivity contribution >= 4 is 0 Å². The Morgan fingerprint density at radius 2 is 2.00 bits per heavy atom. The lowest BCUT2D eigenvalue weighted by molar-refractivity contribution is 0.131. The van der Waals surface area contributed by atoms with Gasteiger partial charge in [-0.1, -0.05) is 24.3 Å². The maximum absolute atomic E-state index is 10.1. The molecule has 0 fully saturated rings. The van der Waals surface area contributed by atoms with Crippen molar-refractivity contribution in [2.75, 3.05) is 0 Å². The molecule has 1 aromatic carbocycles. The Balaban J connectivity index is 2.36. The lowest BCUT2D eigenvalue weighted by Gasteiger charge is -2.13. The maximum atomic E-state index is 10.1. The summed E-state index contributed by atoms with van der Waals surface area (Å²) in [5.74, 6) is 0. The van der Waals surface area contributed by atoms with Crippen molar-refractivity contribution in [3.63, 3.8) is 0 Å². The fraction of sp³-hybridized carbons (Fsp3) is 0.250. The fourth-order valence-electron chi connectivity index (χ4n) is 1.59. The molecule has 0 bridgehead atoms. The molecule has 15 heavy (non-hydrogen) atoms. The summed E-state index contributed by atoms with van der Waals surface area (Å²) in [7, 11) is 0. The van der Waals surface area contributed by atoms with Gasteiger partial charge in [-0.15, -0.1) is 0 Å². The summed E-state index contributed by atoms with van der Waals surface area (Å²) in [6.45, 7) is 3.93. The van der Waals surface area contributed by atoms with E-state index >= 15 is 0 Å². The van der Waals surface area contributed by atoms with E-state index < -0.39 is 6.23 Å². The van der Waals surface area contributed by atoms with Crippen LogP contribution in [-0.2, 0) is 0 Å². The highest BCUT2D eigenvalue weighted by Gasteiger charge is 2.11. The highest BCUT2D eigenvalue weighted by molar-refractivity contribution is 5.27. The highest BCUT2D eigenvalue weighted by atomic mass is 16.3. The number of rotatable bonds is 2. The molecule has 2 aromatic rings. The van der Waals surface area contributed by atoms with Crippen molar-refractivity contribution in [1.29, 1.82) is 0 Å². The van der Waals surface area contributed by atoms with Gasteiger partial charge in [-0.25, -0.2) is 4.68 Å². The second-order valence-corrected chi connectivity index (χ2v) is 3.73. The number of hydrogen-bond donors (Lipinski definition) is 1. The van der Waals surface area contributed by atoms with Crippen molar-refractivity contribution in [2.24, 2.45) is 0 Å². The quantitative estimate of drug-likeness (QED) is 0.809. The second kappa shape index (κ2) is 3.87. The Labute approximate surface area is 89.0 Å². The molecule has 0 aliphatic rings. The molecular weight excluding hydrogens is 188 g/mol. The normalized spacial score (nSPS) is 12.7. The molecule has 0 amide bonds. The second-order valence-electron chi connectivity index (χ2n) is 3.73. The van der Waals surface area contributed by atoms with Gasteiger partial charge in [-0.05, 0) is 25.0 Å². The number of aromatic nitrogens is 2. The molecule has 1 aromatic heterocycles. The number of aliphatic hydroxyl groups excluding tert-OH is 1. The molecule has 0 aliphatic carbocycles. The SMILES string of the molecule is Cc1cnn(C(O)c2ccccc2C)c1. The van der Waals surface area contributed by atoms with Gasteiger partial charge in [0.15, 0.2) is 6.23 Å². The van der Waals surface area contributed by atoms with Crippen molar-refractivity contribution in [1.82, 2.24) is 9.78 Å². The van der Waals surface area contributed by atoms with Crippen LogP contribution in [0.25, 0.3) is 0 Å². The van der Waals surface area contributed by atoms with E-state index in [-0.39, 0.29) is 0 Å². The third-order valence-electron chi connectivity index (χ3n) is 2.45. The number of benzene rings is 1. The van der Waals surface area contributed by atoms with Crippen molar-refractivity contribution in [3.05, 3.63) is 53.3 Å². The Morgan fingerprint density at radius 1 is 1.27 bits per heavy atom. The van der Waals surface area contributed by atoms with Crippen LogP contribution in [0.15, 0.2) is 36.7 Å². The summed E-state index contributed by atoms with van der Waals surface area (Å²) < 4.78 is 1.57. The van der Waals surface area contributed by atoms with Gasteiger partial charge in [0.1, 0.15) is 0 Å². The van der Waals surface area contributed by atoms with E-state index in [1.54, 1.807) is 10.9 Å². The van der Waals surface area contributed by atoms with Crippen LogP contribution in [0.4, 0.5) is 0 Å². The molecule has 1 N–H and O–H groups in total. The standard InChI is InChI=1S/C12H14N2O/c1-9-7-13-14(8-9)12(15)11-6-4-3-5-10(11)2/h3-8,12,15H,1-2H3. The zero-order chi connectivity index (χ0) is 10.8. The molecule has 0 saturated heterocycles. The number of nitrogens with zero attached hydrogens (tertiary/aromatic N) is 2. The van der Waals surface area contributed by atoms with Crippen LogP contribution in [0, 0.1) is 13.8 Å². The Morgan fingerprint density at radius 3 is 2.60 bits per heavy atom. The predicted molar refractivity (Wildman–Crippen MR) is 58.5 cm³/mol. The van der Waals surface area contributed by atoms with E-state index in [0.717, 1.165) is 16.7 Å². The molecule has 0 saturated carbocycles. The van der Waals surface area contributed by atoms with E-state index in [1.807, 2.05) is 44.3 Å². The van der Waals surface area contributed by atoms with Crippen molar-refractivity contribution in [2.45, 2.75) is 20.1 Å². The first-order chi connectivity index (χ1) is 7.18. The molecule has 0 aliphatic heterocycles. The van der Waals surface area contributed by atoms with Crippen molar-refractivity contribution in [3.8, 4) is 0 Å². The van der Waals surface area contributed by atoms with Gasteiger partial charge in [-0.3, -0.25) is 0 Å². The highest BCUT2D eigenvalue weighted by Crippen LogP contribution is 2.18. The molecule has 1 heterocycles. The van der Waals surface area contributed by atoms with Crippen LogP contribution in [-0.4, -0.2) is 14.9 Å². The Bertz CT molecular complexity index is 462. The molecule has 1 unspecified atom stereocenters. The molecule has 78 valence electrons. The molecule has 0 radical (unpaired) electrons.